The first-order valence-corrected chi connectivity index (χ1v) is 19.4. The molecule has 0 saturated carbocycles. The summed E-state index contributed by atoms with van der Waals surface area (Å²) in [6.45, 7) is 18.2. The Bertz CT molecular complexity index is 1330. The van der Waals surface area contributed by atoms with Crippen LogP contribution in [0.15, 0.2) is 78.4 Å². The van der Waals surface area contributed by atoms with Crippen LogP contribution in [0.5, 0.6) is 5.75 Å². The molecule has 2 aliphatic heterocycles. The van der Waals surface area contributed by atoms with Gasteiger partial charge in [-0.1, -0.05) is 88.4 Å². The van der Waals surface area contributed by atoms with Crippen molar-refractivity contribution >= 4 is 14.3 Å². The third-order valence-electron chi connectivity index (χ3n) is 9.67. The highest BCUT2D eigenvalue weighted by Gasteiger charge is 2.47. The monoisotopic (exact) mass is 650 g/mol. The number of fused-ring (bicyclic) bond motifs is 1. The van der Waals surface area contributed by atoms with Gasteiger partial charge in [-0.25, -0.2) is 0 Å². The van der Waals surface area contributed by atoms with Crippen LogP contribution in [0.1, 0.15) is 78.2 Å². The fourth-order valence-corrected chi connectivity index (χ4v) is 7.03. The van der Waals surface area contributed by atoms with E-state index < -0.39 is 26.3 Å². The second-order valence-corrected chi connectivity index (χ2v) is 19.2. The Hall–Kier alpha value is -2.75. The molecule has 4 rings (SSSR count). The topological polar surface area (TPSA) is 72.5 Å². The second kappa shape index (κ2) is 15.4. The highest BCUT2D eigenvalue weighted by molar-refractivity contribution is 6.74. The van der Waals surface area contributed by atoms with E-state index in [9.17, 15) is 4.79 Å². The van der Waals surface area contributed by atoms with Crippen LogP contribution >= 0.6 is 0 Å². The highest BCUT2D eigenvalue weighted by atomic mass is 28.4. The molecule has 0 aromatic heterocycles. The number of hydrogen-bond acceptors (Lipinski definition) is 7. The number of esters is 1. The molecule has 1 unspecified atom stereocenters. The summed E-state index contributed by atoms with van der Waals surface area (Å²) in [5.41, 5.74) is 2.39. The molecule has 7 nitrogen and oxygen atoms in total. The van der Waals surface area contributed by atoms with Crippen molar-refractivity contribution in [3.63, 3.8) is 0 Å². The van der Waals surface area contributed by atoms with E-state index in [1.165, 1.54) is 0 Å². The lowest BCUT2D eigenvalue weighted by Gasteiger charge is -2.40. The molecule has 252 valence electrons. The van der Waals surface area contributed by atoms with Crippen molar-refractivity contribution in [1.82, 2.24) is 0 Å². The lowest BCUT2D eigenvalue weighted by molar-refractivity contribution is -0.151. The highest BCUT2D eigenvalue weighted by Crippen LogP contribution is 2.44. The number of benzene rings is 2. The van der Waals surface area contributed by atoms with E-state index >= 15 is 0 Å². The van der Waals surface area contributed by atoms with Crippen LogP contribution in [0.25, 0.3) is 0 Å². The maximum atomic E-state index is 13.6. The van der Waals surface area contributed by atoms with E-state index in [-0.39, 0.29) is 35.6 Å². The van der Waals surface area contributed by atoms with Gasteiger partial charge < -0.3 is 28.1 Å². The van der Waals surface area contributed by atoms with Crippen LogP contribution in [-0.2, 0) is 34.8 Å². The quantitative estimate of drug-likeness (QED) is 0.116. The molecule has 1 saturated heterocycles. The largest absolute Gasteiger partial charge is 0.497 e. The molecule has 0 bridgehead atoms. The summed E-state index contributed by atoms with van der Waals surface area (Å²) in [5, 5.41) is 0.00331. The second-order valence-electron chi connectivity index (χ2n) is 14.4. The fraction of sp³-hybridized carbons (Fsp3) is 0.553. The Labute approximate surface area is 277 Å². The number of hydrogen-bond donors (Lipinski definition) is 0. The summed E-state index contributed by atoms with van der Waals surface area (Å²) in [6, 6.07) is 17.9. The number of rotatable bonds is 9. The summed E-state index contributed by atoms with van der Waals surface area (Å²) in [6.07, 6.45) is 6.21. The van der Waals surface area contributed by atoms with E-state index in [1.807, 2.05) is 67.6 Å². The molecule has 1 fully saturated rings. The van der Waals surface area contributed by atoms with E-state index in [0.717, 1.165) is 22.4 Å². The van der Waals surface area contributed by atoms with Crippen LogP contribution in [0.3, 0.4) is 0 Å². The minimum absolute atomic E-state index is 0.00331. The average Bonchev–Trinajstić information content (AvgIpc) is 3.35. The molecule has 0 spiro atoms. The molecule has 0 radical (unpaired) electrons. The van der Waals surface area contributed by atoms with Gasteiger partial charge in [0.1, 0.15) is 18.0 Å². The van der Waals surface area contributed by atoms with E-state index in [4.69, 9.17) is 28.1 Å². The van der Waals surface area contributed by atoms with Gasteiger partial charge in [-0.05, 0) is 68.1 Å². The molecule has 0 amide bonds. The van der Waals surface area contributed by atoms with Gasteiger partial charge in [0.05, 0.1) is 38.4 Å². The molecule has 8 heteroatoms. The van der Waals surface area contributed by atoms with E-state index in [2.05, 4.69) is 59.9 Å². The van der Waals surface area contributed by atoms with Crippen LogP contribution in [0, 0.1) is 5.92 Å². The van der Waals surface area contributed by atoms with Gasteiger partial charge in [0.15, 0.2) is 14.6 Å². The van der Waals surface area contributed by atoms with Gasteiger partial charge in [-0.3, -0.25) is 4.79 Å². The molecular formula is C38H54O7Si. The van der Waals surface area contributed by atoms with Gasteiger partial charge in [0.25, 0.3) is 0 Å². The predicted molar refractivity (Wildman–Crippen MR) is 184 cm³/mol. The van der Waals surface area contributed by atoms with Crippen LogP contribution in [-0.4, -0.2) is 51.9 Å². The first-order valence-electron chi connectivity index (χ1n) is 16.5. The van der Waals surface area contributed by atoms with Gasteiger partial charge in [-0.15, -0.1) is 0 Å². The summed E-state index contributed by atoms with van der Waals surface area (Å²) in [5.74, 6) is 0.451. The van der Waals surface area contributed by atoms with Crippen LogP contribution in [0.2, 0.25) is 18.1 Å². The standard InChI is InChI=1S/C38H54O7Si/c1-27-15-20-33-38(6,44-36(42-33)30-13-11-10-12-14-30)23-21-32(45-46(8,9)37(3,4)5)25-34(39)43-35(27)28(2)22-24-41-26-29-16-18-31(40-7)19-17-29/h10-20,22,27,32-33,35-36H,21,23-26H2,1-9H3/b20-15+,28-22+/t27-,32?,33-,35-,36-,38+/m0/s1. The SMILES string of the molecule is COc1ccc(COC/C=C(\C)[C@H]2OC(=O)CC(O[Si](C)(C)C(C)(C)C)CC[C@@]3(C)O[C@@H](c4ccccc4)O[C@H]3/C=C/[C@@H]2C)cc1. The Balaban J connectivity index is 1.56. The maximum Gasteiger partial charge on any atom is 0.308 e. The Kier molecular flexibility index (Phi) is 12.1. The first kappa shape index (κ1) is 36.1. The smallest absolute Gasteiger partial charge is 0.308 e. The summed E-state index contributed by atoms with van der Waals surface area (Å²) in [4.78, 5) is 13.6. The van der Waals surface area contributed by atoms with Gasteiger partial charge in [0.2, 0.25) is 0 Å². The van der Waals surface area contributed by atoms with Crippen molar-refractivity contribution in [3.8, 4) is 5.75 Å². The molecular weight excluding hydrogens is 596 g/mol. The summed E-state index contributed by atoms with van der Waals surface area (Å²) < 4.78 is 37.5. The van der Waals surface area contributed by atoms with E-state index in [1.54, 1.807) is 7.11 Å². The number of methoxy groups -OCH3 is 1. The van der Waals surface area contributed by atoms with Crippen molar-refractivity contribution in [3.05, 3.63) is 89.5 Å². The number of carbonyl (C=O) groups excluding carboxylic acids is 1. The number of ether oxygens (including phenoxy) is 5. The minimum Gasteiger partial charge on any atom is -0.497 e. The summed E-state index contributed by atoms with van der Waals surface area (Å²) >= 11 is 0. The molecule has 6 atom stereocenters. The Morgan fingerprint density at radius 2 is 1.76 bits per heavy atom. The third kappa shape index (κ3) is 9.41. The van der Waals surface area contributed by atoms with Crippen molar-refractivity contribution in [2.24, 2.45) is 5.92 Å². The van der Waals surface area contributed by atoms with Gasteiger partial charge >= 0.3 is 5.97 Å². The first-order chi connectivity index (χ1) is 21.7. The van der Waals surface area contributed by atoms with Crippen molar-refractivity contribution in [1.29, 1.82) is 0 Å². The summed E-state index contributed by atoms with van der Waals surface area (Å²) in [7, 11) is -0.519. The fourth-order valence-electron chi connectivity index (χ4n) is 5.64. The third-order valence-corrected chi connectivity index (χ3v) is 14.2. The van der Waals surface area contributed by atoms with Crippen molar-refractivity contribution in [2.45, 2.75) is 116 Å². The number of cyclic esters (lactones) is 1. The van der Waals surface area contributed by atoms with Crippen LogP contribution < -0.4 is 4.74 Å². The molecule has 2 aliphatic rings. The normalized spacial score (nSPS) is 28.8. The Morgan fingerprint density at radius 1 is 1.07 bits per heavy atom. The molecule has 46 heavy (non-hydrogen) atoms. The van der Waals surface area contributed by atoms with E-state index in [0.29, 0.717) is 26.1 Å². The zero-order valence-electron chi connectivity index (χ0n) is 29.2. The van der Waals surface area contributed by atoms with Gasteiger partial charge in [-0.2, -0.15) is 0 Å². The zero-order valence-corrected chi connectivity index (χ0v) is 30.2. The van der Waals surface area contributed by atoms with Crippen molar-refractivity contribution < 1.29 is 32.9 Å². The molecule has 0 N–H and O–H groups in total. The molecule has 2 aromatic rings. The van der Waals surface area contributed by atoms with Crippen LogP contribution in [0.4, 0.5) is 0 Å². The molecule has 2 heterocycles. The average molecular weight is 651 g/mol. The maximum absolute atomic E-state index is 13.6. The zero-order chi connectivity index (χ0) is 33.5. The minimum atomic E-state index is -2.17. The Morgan fingerprint density at radius 3 is 2.41 bits per heavy atom. The molecule has 2 aromatic carbocycles. The number of carbonyl (C=O) groups is 1. The molecule has 0 aliphatic carbocycles. The lowest BCUT2D eigenvalue weighted by Crippen LogP contribution is -2.45. The predicted octanol–water partition coefficient (Wildman–Crippen LogP) is 8.71. The lowest BCUT2D eigenvalue weighted by atomic mass is 9.89. The van der Waals surface area contributed by atoms with Gasteiger partial charge in [0, 0.05) is 11.5 Å². The van der Waals surface area contributed by atoms with Crippen molar-refractivity contribution in [2.75, 3.05) is 13.7 Å².